The van der Waals surface area contributed by atoms with Crippen molar-refractivity contribution in [3.8, 4) is 5.75 Å². The number of hydrogen-bond donors (Lipinski definition) is 2. The molecule has 8 heteroatoms. The number of methoxy groups -OCH3 is 2. The summed E-state index contributed by atoms with van der Waals surface area (Å²) < 4.78 is 9.78. The van der Waals surface area contributed by atoms with Gasteiger partial charge in [-0.05, 0) is 6.07 Å². The van der Waals surface area contributed by atoms with Crippen LogP contribution in [0.2, 0.25) is 0 Å². The molecular weight excluding hydrogens is 254 g/mol. The van der Waals surface area contributed by atoms with Crippen molar-refractivity contribution in [3.05, 3.63) is 28.3 Å². The van der Waals surface area contributed by atoms with E-state index in [9.17, 15) is 14.9 Å². The Kier molecular flexibility index (Phi) is 5.55. The number of rotatable bonds is 6. The lowest BCUT2D eigenvalue weighted by molar-refractivity contribution is -0.384. The van der Waals surface area contributed by atoms with Gasteiger partial charge in [-0.1, -0.05) is 0 Å². The van der Waals surface area contributed by atoms with Crippen LogP contribution in [0.5, 0.6) is 5.75 Å². The second-order valence-corrected chi connectivity index (χ2v) is 3.52. The normalized spacial score (nSPS) is 9.79. The van der Waals surface area contributed by atoms with Crippen LogP contribution in [-0.4, -0.2) is 38.3 Å². The fourth-order valence-corrected chi connectivity index (χ4v) is 1.33. The van der Waals surface area contributed by atoms with E-state index in [2.05, 4.69) is 10.6 Å². The predicted molar refractivity (Wildman–Crippen MR) is 68.5 cm³/mol. The van der Waals surface area contributed by atoms with E-state index in [0.29, 0.717) is 18.8 Å². The number of anilines is 1. The second-order valence-electron chi connectivity index (χ2n) is 3.52. The zero-order valence-corrected chi connectivity index (χ0v) is 10.6. The molecule has 0 aliphatic heterocycles. The topological polar surface area (TPSA) is 103 Å². The van der Waals surface area contributed by atoms with Crippen molar-refractivity contribution in [1.29, 1.82) is 0 Å². The average molecular weight is 269 g/mol. The Balaban J connectivity index is 2.72. The molecule has 0 atom stereocenters. The number of non-ortho nitro benzene ring substituents is 1. The first-order valence-electron chi connectivity index (χ1n) is 5.44. The first-order chi connectivity index (χ1) is 9.08. The maximum absolute atomic E-state index is 11.5. The Bertz CT molecular complexity index is 464. The van der Waals surface area contributed by atoms with Gasteiger partial charge in [-0.3, -0.25) is 10.1 Å². The number of urea groups is 1. The van der Waals surface area contributed by atoms with E-state index >= 15 is 0 Å². The maximum Gasteiger partial charge on any atom is 0.319 e. The van der Waals surface area contributed by atoms with Crippen LogP contribution in [0, 0.1) is 10.1 Å². The standard InChI is InChI=1S/C11H15N3O5/c1-18-6-5-12-11(15)13-9-4-3-8(14(16)17)7-10(9)19-2/h3-4,7H,5-6H2,1-2H3,(H2,12,13,15). The lowest BCUT2D eigenvalue weighted by atomic mass is 10.2. The monoisotopic (exact) mass is 269 g/mol. The van der Waals surface area contributed by atoms with Gasteiger partial charge in [0.15, 0.2) is 0 Å². The summed E-state index contributed by atoms with van der Waals surface area (Å²) in [6.07, 6.45) is 0. The number of carbonyl (C=O) groups excluding carboxylic acids is 1. The Labute approximate surface area is 109 Å². The van der Waals surface area contributed by atoms with Gasteiger partial charge in [-0.2, -0.15) is 0 Å². The maximum atomic E-state index is 11.5. The summed E-state index contributed by atoms with van der Waals surface area (Å²) in [6.45, 7) is 0.752. The van der Waals surface area contributed by atoms with E-state index in [0.717, 1.165) is 0 Å². The fraction of sp³-hybridized carbons (Fsp3) is 0.364. The molecule has 0 saturated carbocycles. The van der Waals surface area contributed by atoms with Crippen molar-refractivity contribution < 1.29 is 19.2 Å². The van der Waals surface area contributed by atoms with Crippen LogP contribution in [0.15, 0.2) is 18.2 Å². The van der Waals surface area contributed by atoms with Gasteiger partial charge in [0.25, 0.3) is 5.69 Å². The summed E-state index contributed by atoms with van der Waals surface area (Å²) >= 11 is 0. The van der Waals surface area contributed by atoms with E-state index in [4.69, 9.17) is 9.47 Å². The molecule has 2 N–H and O–H groups in total. The van der Waals surface area contributed by atoms with Crippen LogP contribution in [-0.2, 0) is 4.74 Å². The number of amides is 2. The molecule has 0 spiro atoms. The minimum atomic E-state index is -0.537. The van der Waals surface area contributed by atoms with Crippen LogP contribution in [0.25, 0.3) is 0 Å². The van der Waals surface area contributed by atoms with Gasteiger partial charge in [-0.15, -0.1) is 0 Å². The van der Waals surface area contributed by atoms with Crippen molar-refractivity contribution in [3.63, 3.8) is 0 Å². The predicted octanol–water partition coefficient (Wildman–Crippen LogP) is 1.37. The largest absolute Gasteiger partial charge is 0.494 e. The van der Waals surface area contributed by atoms with Crippen LogP contribution in [0.3, 0.4) is 0 Å². The third-order valence-electron chi connectivity index (χ3n) is 2.24. The minimum absolute atomic E-state index is 0.109. The molecule has 1 aromatic rings. The van der Waals surface area contributed by atoms with Crippen molar-refractivity contribution in [2.75, 3.05) is 32.7 Å². The third kappa shape index (κ3) is 4.43. The highest BCUT2D eigenvalue weighted by Gasteiger charge is 2.12. The zero-order chi connectivity index (χ0) is 14.3. The quantitative estimate of drug-likeness (QED) is 0.461. The molecule has 104 valence electrons. The minimum Gasteiger partial charge on any atom is -0.494 e. The zero-order valence-electron chi connectivity index (χ0n) is 10.6. The van der Waals surface area contributed by atoms with E-state index in [1.807, 2.05) is 0 Å². The molecule has 0 bridgehead atoms. The molecule has 1 rings (SSSR count). The molecular formula is C11H15N3O5. The fourth-order valence-electron chi connectivity index (χ4n) is 1.33. The van der Waals surface area contributed by atoms with E-state index < -0.39 is 11.0 Å². The van der Waals surface area contributed by atoms with Crippen molar-refractivity contribution in [2.24, 2.45) is 0 Å². The van der Waals surface area contributed by atoms with Gasteiger partial charge in [0.2, 0.25) is 0 Å². The summed E-state index contributed by atoms with van der Waals surface area (Å²) in [7, 11) is 2.89. The molecule has 0 aromatic heterocycles. The molecule has 0 aliphatic carbocycles. The number of benzene rings is 1. The van der Waals surface area contributed by atoms with Crippen LogP contribution in [0.4, 0.5) is 16.2 Å². The van der Waals surface area contributed by atoms with Gasteiger partial charge in [0.05, 0.1) is 30.4 Å². The summed E-state index contributed by atoms with van der Waals surface area (Å²) in [5.74, 6) is 0.219. The summed E-state index contributed by atoms with van der Waals surface area (Å²) in [4.78, 5) is 21.6. The van der Waals surface area contributed by atoms with Gasteiger partial charge in [0, 0.05) is 19.7 Å². The lowest BCUT2D eigenvalue weighted by Gasteiger charge is -2.10. The van der Waals surface area contributed by atoms with Crippen molar-refractivity contribution >= 4 is 17.4 Å². The first-order valence-corrected chi connectivity index (χ1v) is 5.44. The van der Waals surface area contributed by atoms with Gasteiger partial charge in [0.1, 0.15) is 5.75 Å². The average Bonchev–Trinajstić information content (AvgIpc) is 2.39. The van der Waals surface area contributed by atoms with E-state index in [1.54, 1.807) is 0 Å². The third-order valence-corrected chi connectivity index (χ3v) is 2.24. The molecule has 19 heavy (non-hydrogen) atoms. The van der Waals surface area contributed by atoms with Crippen LogP contribution >= 0.6 is 0 Å². The molecule has 0 unspecified atom stereocenters. The Morgan fingerprint density at radius 3 is 2.74 bits per heavy atom. The molecule has 2 amide bonds. The summed E-state index contributed by atoms with van der Waals surface area (Å²) in [5.41, 5.74) is 0.241. The molecule has 0 heterocycles. The number of nitrogens with zero attached hydrogens (tertiary/aromatic N) is 1. The molecule has 0 radical (unpaired) electrons. The number of nitro benzene ring substituents is 1. The van der Waals surface area contributed by atoms with E-state index in [-0.39, 0.29) is 11.4 Å². The smallest absolute Gasteiger partial charge is 0.319 e. The van der Waals surface area contributed by atoms with Crippen LogP contribution in [0.1, 0.15) is 0 Å². The molecule has 1 aromatic carbocycles. The summed E-state index contributed by atoms with van der Waals surface area (Å²) in [6, 6.07) is 3.49. The SMILES string of the molecule is COCCNC(=O)Nc1ccc([N+](=O)[O-])cc1OC. The van der Waals surface area contributed by atoms with Gasteiger partial charge in [-0.25, -0.2) is 4.79 Å². The lowest BCUT2D eigenvalue weighted by Crippen LogP contribution is -2.31. The van der Waals surface area contributed by atoms with Crippen molar-refractivity contribution in [2.45, 2.75) is 0 Å². The highest BCUT2D eigenvalue weighted by Crippen LogP contribution is 2.28. The number of nitrogens with one attached hydrogen (secondary N) is 2. The Morgan fingerprint density at radius 2 is 2.16 bits per heavy atom. The number of carbonyl (C=O) groups is 1. The molecule has 0 saturated heterocycles. The number of ether oxygens (including phenoxy) is 2. The number of nitro groups is 1. The van der Waals surface area contributed by atoms with Gasteiger partial charge >= 0.3 is 6.03 Å². The van der Waals surface area contributed by atoms with Crippen molar-refractivity contribution in [1.82, 2.24) is 5.32 Å². The summed E-state index contributed by atoms with van der Waals surface area (Å²) in [5, 5.41) is 15.7. The van der Waals surface area contributed by atoms with Crippen LogP contribution < -0.4 is 15.4 Å². The first kappa shape index (κ1) is 14.7. The molecule has 8 nitrogen and oxygen atoms in total. The Hall–Kier alpha value is -2.35. The van der Waals surface area contributed by atoms with E-state index in [1.165, 1.54) is 32.4 Å². The highest BCUT2D eigenvalue weighted by molar-refractivity contribution is 5.91. The Morgan fingerprint density at radius 1 is 1.42 bits per heavy atom. The number of hydrogen-bond acceptors (Lipinski definition) is 5. The molecule has 0 fully saturated rings. The highest BCUT2D eigenvalue weighted by atomic mass is 16.6. The second kappa shape index (κ2) is 7.17. The molecule has 0 aliphatic rings. The van der Waals surface area contributed by atoms with Gasteiger partial charge < -0.3 is 20.1 Å².